The van der Waals surface area contributed by atoms with Gasteiger partial charge in [-0.1, -0.05) is 0 Å². The molecule has 1 spiro atoms. The Labute approximate surface area is 151 Å². The lowest BCUT2D eigenvalue weighted by Crippen LogP contribution is -2.73. The highest BCUT2D eigenvalue weighted by Crippen LogP contribution is 2.50. The number of hydrogen-bond donors (Lipinski definition) is 0. The van der Waals surface area contributed by atoms with Crippen molar-refractivity contribution in [2.24, 2.45) is 5.41 Å². The van der Waals surface area contributed by atoms with Gasteiger partial charge in [0.05, 0.1) is 11.9 Å². The molecule has 1 aromatic rings. The molecule has 0 N–H and O–H groups in total. The zero-order chi connectivity index (χ0) is 17.1. The number of rotatable bonds is 2. The lowest BCUT2D eigenvalue weighted by atomic mass is 9.72. The maximum Gasteiger partial charge on any atom is 0.410 e. The summed E-state index contributed by atoms with van der Waals surface area (Å²) >= 11 is 3.67. The Hall–Kier alpha value is -1.30. The largest absolute Gasteiger partial charge is 0.444 e. The SMILES string of the molecule is CC(C)(C)OC(=O)N1CC2(C1)CN(c1cncc(Br)c1C1CC1)C2. The summed E-state index contributed by atoms with van der Waals surface area (Å²) in [4.78, 5) is 20.7. The fraction of sp³-hybridized carbons (Fsp3) is 0.667. The smallest absolute Gasteiger partial charge is 0.410 e. The molecule has 0 aromatic carbocycles. The number of ether oxygens (including phenoxy) is 1. The van der Waals surface area contributed by atoms with Crippen molar-refractivity contribution in [1.82, 2.24) is 9.88 Å². The van der Waals surface area contributed by atoms with Gasteiger partial charge in [-0.2, -0.15) is 0 Å². The van der Waals surface area contributed by atoms with Crippen LogP contribution >= 0.6 is 15.9 Å². The maximum atomic E-state index is 12.1. The molecular formula is C18H24BrN3O2. The van der Waals surface area contributed by atoms with Crippen LogP contribution in [0, 0.1) is 5.41 Å². The average molecular weight is 394 g/mol. The highest BCUT2D eigenvalue weighted by molar-refractivity contribution is 9.10. The fourth-order valence-electron chi connectivity index (χ4n) is 3.82. The molecule has 5 nitrogen and oxygen atoms in total. The van der Waals surface area contributed by atoms with Gasteiger partial charge in [0, 0.05) is 42.3 Å². The van der Waals surface area contributed by atoms with E-state index in [-0.39, 0.29) is 11.5 Å². The number of likely N-dealkylation sites (tertiary alicyclic amines) is 1. The molecule has 130 valence electrons. The van der Waals surface area contributed by atoms with Crippen molar-refractivity contribution in [3.05, 3.63) is 22.4 Å². The minimum Gasteiger partial charge on any atom is -0.444 e. The molecule has 2 aliphatic heterocycles. The van der Waals surface area contributed by atoms with E-state index < -0.39 is 5.60 Å². The molecule has 2 saturated heterocycles. The van der Waals surface area contributed by atoms with Crippen LogP contribution in [0.3, 0.4) is 0 Å². The Morgan fingerprint density at radius 3 is 2.50 bits per heavy atom. The van der Waals surface area contributed by atoms with E-state index in [1.54, 1.807) is 0 Å². The monoisotopic (exact) mass is 393 g/mol. The van der Waals surface area contributed by atoms with Crippen LogP contribution in [-0.4, -0.2) is 47.8 Å². The molecule has 1 aliphatic carbocycles. The van der Waals surface area contributed by atoms with Gasteiger partial charge >= 0.3 is 6.09 Å². The first-order valence-electron chi connectivity index (χ1n) is 8.63. The van der Waals surface area contributed by atoms with Gasteiger partial charge in [-0.05, 0) is 61.0 Å². The summed E-state index contributed by atoms with van der Waals surface area (Å²) in [6.07, 6.45) is 6.27. The summed E-state index contributed by atoms with van der Waals surface area (Å²) in [6, 6.07) is 0. The van der Waals surface area contributed by atoms with Crippen molar-refractivity contribution in [3.63, 3.8) is 0 Å². The third kappa shape index (κ3) is 2.89. The van der Waals surface area contributed by atoms with Crippen LogP contribution in [0.5, 0.6) is 0 Å². The van der Waals surface area contributed by atoms with Crippen molar-refractivity contribution in [3.8, 4) is 0 Å². The Morgan fingerprint density at radius 1 is 1.25 bits per heavy atom. The molecule has 3 heterocycles. The number of aromatic nitrogens is 1. The summed E-state index contributed by atoms with van der Waals surface area (Å²) in [5, 5.41) is 0. The van der Waals surface area contributed by atoms with Crippen molar-refractivity contribution in [2.45, 2.75) is 45.1 Å². The van der Waals surface area contributed by atoms with Crippen LogP contribution in [0.15, 0.2) is 16.9 Å². The predicted octanol–water partition coefficient (Wildman–Crippen LogP) is 3.78. The molecule has 0 atom stereocenters. The normalized spacial score (nSPS) is 22.2. The summed E-state index contributed by atoms with van der Waals surface area (Å²) < 4.78 is 6.58. The van der Waals surface area contributed by atoms with Crippen LogP contribution in [0.25, 0.3) is 0 Å². The van der Waals surface area contributed by atoms with Crippen molar-refractivity contribution < 1.29 is 9.53 Å². The molecule has 6 heteroatoms. The van der Waals surface area contributed by atoms with Crippen LogP contribution in [0.2, 0.25) is 0 Å². The Kier molecular flexibility index (Phi) is 3.61. The van der Waals surface area contributed by atoms with Gasteiger partial charge in [-0.25, -0.2) is 4.79 Å². The minimum atomic E-state index is -0.424. The standard InChI is InChI=1S/C18H24BrN3O2/c1-17(2,3)24-16(23)22-10-18(11-22)8-21(9-18)14-7-20-6-13(19)15(14)12-4-5-12/h6-7,12H,4-5,8-11H2,1-3H3. The van der Waals surface area contributed by atoms with Crippen LogP contribution in [0.4, 0.5) is 10.5 Å². The molecule has 0 bridgehead atoms. The number of anilines is 1. The van der Waals surface area contributed by atoms with Crippen LogP contribution in [-0.2, 0) is 4.74 Å². The highest BCUT2D eigenvalue weighted by atomic mass is 79.9. The second-order valence-electron chi connectivity index (χ2n) is 8.52. The molecule has 4 rings (SSSR count). The van der Waals surface area contributed by atoms with E-state index in [1.807, 2.05) is 38.1 Å². The number of nitrogens with zero attached hydrogens (tertiary/aromatic N) is 3. The predicted molar refractivity (Wildman–Crippen MR) is 96.4 cm³/mol. The van der Waals surface area contributed by atoms with Gasteiger partial charge in [0.25, 0.3) is 0 Å². The molecule has 24 heavy (non-hydrogen) atoms. The van der Waals surface area contributed by atoms with Gasteiger partial charge in [0.2, 0.25) is 0 Å². The lowest BCUT2D eigenvalue weighted by molar-refractivity contribution is -0.0453. The Bertz CT molecular complexity index is 667. The third-order valence-corrected chi connectivity index (χ3v) is 5.63. The first-order chi connectivity index (χ1) is 11.3. The van der Waals surface area contributed by atoms with Crippen molar-refractivity contribution >= 4 is 27.7 Å². The number of pyridine rings is 1. The lowest BCUT2D eigenvalue weighted by Gasteiger charge is -2.60. The van der Waals surface area contributed by atoms with Crippen molar-refractivity contribution in [1.29, 1.82) is 0 Å². The number of carbonyl (C=O) groups is 1. The summed E-state index contributed by atoms with van der Waals surface area (Å²) in [5.74, 6) is 0.688. The first kappa shape index (κ1) is 16.2. The van der Waals surface area contributed by atoms with Gasteiger partial charge < -0.3 is 14.5 Å². The molecular weight excluding hydrogens is 370 g/mol. The second-order valence-corrected chi connectivity index (χ2v) is 9.38. The van der Waals surface area contributed by atoms with Gasteiger partial charge in [-0.3, -0.25) is 4.98 Å². The molecule has 1 amide bonds. The number of halogens is 1. The quantitative estimate of drug-likeness (QED) is 0.766. The van der Waals surface area contributed by atoms with E-state index in [4.69, 9.17) is 4.74 Å². The first-order valence-corrected chi connectivity index (χ1v) is 9.42. The zero-order valence-corrected chi connectivity index (χ0v) is 16.1. The van der Waals surface area contributed by atoms with E-state index in [9.17, 15) is 4.79 Å². The molecule has 1 aromatic heterocycles. The van der Waals surface area contributed by atoms with E-state index in [1.165, 1.54) is 24.1 Å². The maximum absolute atomic E-state index is 12.1. The van der Waals surface area contributed by atoms with Gasteiger partial charge in [-0.15, -0.1) is 0 Å². The Morgan fingerprint density at radius 2 is 1.92 bits per heavy atom. The van der Waals surface area contributed by atoms with E-state index in [0.29, 0.717) is 5.92 Å². The molecule has 0 unspecified atom stereocenters. The molecule has 3 fully saturated rings. The van der Waals surface area contributed by atoms with Gasteiger partial charge in [0.15, 0.2) is 0 Å². The summed E-state index contributed by atoms with van der Waals surface area (Å²) in [5.41, 5.74) is 2.52. The number of carbonyl (C=O) groups excluding carboxylic acids is 1. The van der Waals surface area contributed by atoms with E-state index >= 15 is 0 Å². The molecule has 0 radical (unpaired) electrons. The molecule has 1 saturated carbocycles. The average Bonchev–Trinajstić information content (AvgIpc) is 3.17. The minimum absolute atomic E-state index is 0.186. The second kappa shape index (κ2) is 5.35. The fourth-order valence-corrected chi connectivity index (χ4v) is 4.46. The summed E-state index contributed by atoms with van der Waals surface area (Å²) in [7, 11) is 0. The van der Waals surface area contributed by atoms with Crippen LogP contribution < -0.4 is 4.90 Å². The molecule has 3 aliphatic rings. The Balaban J connectivity index is 1.37. The number of amides is 1. The number of hydrogen-bond acceptors (Lipinski definition) is 4. The van der Waals surface area contributed by atoms with Gasteiger partial charge in [0.1, 0.15) is 5.60 Å². The topological polar surface area (TPSA) is 45.7 Å². The summed E-state index contributed by atoms with van der Waals surface area (Å²) in [6.45, 7) is 9.34. The van der Waals surface area contributed by atoms with E-state index in [0.717, 1.165) is 30.7 Å². The zero-order valence-electron chi connectivity index (χ0n) is 14.5. The highest BCUT2D eigenvalue weighted by Gasteiger charge is 2.54. The van der Waals surface area contributed by atoms with E-state index in [2.05, 4.69) is 25.8 Å². The third-order valence-electron chi connectivity index (χ3n) is 5.00. The van der Waals surface area contributed by atoms with Crippen LogP contribution in [0.1, 0.15) is 45.1 Å². The van der Waals surface area contributed by atoms with Crippen molar-refractivity contribution in [2.75, 3.05) is 31.1 Å².